The van der Waals surface area contributed by atoms with E-state index >= 15 is 0 Å². The molecule has 2 rings (SSSR count). The number of halogens is 1. The van der Waals surface area contributed by atoms with Crippen LogP contribution in [0.2, 0.25) is 0 Å². The third kappa shape index (κ3) is 2.49. The van der Waals surface area contributed by atoms with E-state index in [2.05, 4.69) is 46.8 Å². The highest BCUT2D eigenvalue weighted by molar-refractivity contribution is 9.10. The number of benzene rings is 1. The number of nitrogens with two attached hydrogens (primary N) is 1. The highest BCUT2D eigenvalue weighted by Crippen LogP contribution is 2.33. The molecule has 0 unspecified atom stereocenters. The summed E-state index contributed by atoms with van der Waals surface area (Å²) in [5.74, 6) is 0. The number of morpholine rings is 1. The normalized spacial score (nSPS) is 19.4. The third-order valence-electron chi connectivity index (χ3n) is 3.23. The van der Waals surface area contributed by atoms with Crippen LogP contribution in [-0.4, -0.2) is 25.3 Å². The largest absolute Gasteiger partial charge is 0.377 e. The summed E-state index contributed by atoms with van der Waals surface area (Å²) in [6.45, 7) is 7.39. The van der Waals surface area contributed by atoms with Crippen LogP contribution < -0.4 is 10.6 Å². The van der Waals surface area contributed by atoms with Crippen LogP contribution in [0.3, 0.4) is 0 Å². The molecule has 1 saturated heterocycles. The van der Waals surface area contributed by atoms with Crippen molar-refractivity contribution < 1.29 is 4.74 Å². The van der Waals surface area contributed by atoms with Crippen LogP contribution in [0.15, 0.2) is 22.7 Å². The first-order valence-electron chi connectivity index (χ1n) is 5.89. The molecule has 1 aliphatic rings. The molecule has 2 N–H and O–H groups in total. The molecule has 0 radical (unpaired) electrons. The van der Waals surface area contributed by atoms with Gasteiger partial charge in [0.1, 0.15) is 0 Å². The van der Waals surface area contributed by atoms with E-state index in [4.69, 9.17) is 10.5 Å². The Morgan fingerprint density at radius 2 is 2.24 bits per heavy atom. The van der Waals surface area contributed by atoms with Crippen LogP contribution in [0, 0.1) is 0 Å². The van der Waals surface area contributed by atoms with Gasteiger partial charge in [-0.2, -0.15) is 0 Å². The van der Waals surface area contributed by atoms with Gasteiger partial charge in [-0.25, -0.2) is 0 Å². The first kappa shape index (κ1) is 12.9. The van der Waals surface area contributed by atoms with Crippen LogP contribution in [-0.2, 0) is 11.3 Å². The molecule has 4 heteroatoms. The first-order chi connectivity index (χ1) is 8.06. The minimum Gasteiger partial charge on any atom is -0.377 e. The molecule has 0 bridgehead atoms. The molecule has 0 atom stereocenters. The lowest BCUT2D eigenvalue weighted by atomic mass is 9.99. The van der Waals surface area contributed by atoms with Gasteiger partial charge in [0.15, 0.2) is 0 Å². The molecule has 0 aliphatic carbocycles. The lowest BCUT2D eigenvalue weighted by Gasteiger charge is -2.44. The quantitative estimate of drug-likeness (QED) is 0.912. The van der Waals surface area contributed by atoms with Crippen LogP contribution in [0.4, 0.5) is 5.69 Å². The average Bonchev–Trinajstić information content (AvgIpc) is 2.28. The van der Waals surface area contributed by atoms with E-state index in [-0.39, 0.29) is 5.54 Å². The van der Waals surface area contributed by atoms with Crippen LogP contribution >= 0.6 is 15.9 Å². The topological polar surface area (TPSA) is 38.5 Å². The SMILES string of the molecule is CC1(C)COCCN1c1cccc(Br)c1CN. The third-order valence-corrected chi connectivity index (χ3v) is 3.98. The highest BCUT2D eigenvalue weighted by atomic mass is 79.9. The van der Waals surface area contributed by atoms with E-state index in [1.807, 2.05) is 6.07 Å². The molecule has 0 saturated carbocycles. The van der Waals surface area contributed by atoms with E-state index in [0.29, 0.717) is 6.54 Å². The number of hydrogen-bond donors (Lipinski definition) is 1. The predicted molar refractivity (Wildman–Crippen MR) is 74.3 cm³/mol. The van der Waals surface area contributed by atoms with Crippen molar-refractivity contribution in [3.05, 3.63) is 28.2 Å². The van der Waals surface area contributed by atoms with Gasteiger partial charge >= 0.3 is 0 Å². The van der Waals surface area contributed by atoms with Gasteiger partial charge in [-0.15, -0.1) is 0 Å². The Labute approximate surface area is 111 Å². The molecule has 1 aromatic carbocycles. The van der Waals surface area contributed by atoms with Gasteiger partial charge < -0.3 is 15.4 Å². The van der Waals surface area contributed by atoms with Crippen molar-refractivity contribution >= 4 is 21.6 Å². The van der Waals surface area contributed by atoms with Gasteiger partial charge in [0.05, 0.1) is 18.8 Å². The standard InChI is InChI=1S/C13H19BrN2O/c1-13(2)9-17-7-6-16(13)12-5-3-4-11(14)10(12)8-15/h3-5H,6-9,15H2,1-2H3. The summed E-state index contributed by atoms with van der Waals surface area (Å²) in [7, 11) is 0. The van der Waals surface area contributed by atoms with E-state index in [9.17, 15) is 0 Å². The molecule has 3 nitrogen and oxygen atoms in total. The molecular weight excluding hydrogens is 280 g/mol. The maximum atomic E-state index is 5.86. The fourth-order valence-corrected chi connectivity index (χ4v) is 2.82. The molecule has 1 aliphatic heterocycles. The van der Waals surface area contributed by atoms with E-state index < -0.39 is 0 Å². The van der Waals surface area contributed by atoms with Crippen molar-refractivity contribution in [1.82, 2.24) is 0 Å². The van der Waals surface area contributed by atoms with E-state index in [1.165, 1.54) is 11.3 Å². The smallest absolute Gasteiger partial charge is 0.0694 e. The van der Waals surface area contributed by atoms with E-state index in [0.717, 1.165) is 24.2 Å². The fraction of sp³-hybridized carbons (Fsp3) is 0.538. The molecule has 0 spiro atoms. The summed E-state index contributed by atoms with van der Waals surface area (Å²) in [5, 5.41) is 0. The second kappa shape index (κ2) is 4.96. The fourth-order valence-electron chi connectivity index (χ4n) is 2.31. The summed E-state index contributed by atoms with van der Waals surface area (Å²) in [4.78, 5) is 2.39. The Morgan fingerprint density at radius 1 is 1.47 bits per heavy atom. The Morgan fingerprint density at radius 3 is 2.88 bits per heavy atom. The molecule has 17 heavy (non-hydrogen) atoms. The Bertz CT molecular complexity index is 406. The number of nitrogens with zero attached hydrogens (tertiary/aromatic N) is 1. The zero-order chi connectivity index (χ0) is 12.5. The highest BCUT2D eigenvalue weighted by Gasteiger charge is 2.31. The average molecular weight is 299 g/mol. The van der Waals surface area contributed by atoms with Crippen molar-refractivity contribution in [2.45, 2.75) is 25.9 Å². The maximum Gasteiger partial charge on any atom is 0.0694 e. The van der Waals surface area contributed by atoms with Crippen LogP contribution in [0.5, 0.6) is 0 Å². The summed E-state index contributed by atoms with van der Waals surface area (Å²) in [6, 6.07) is 6.24. The van der Waals surface area contributed by atoms with Gasteiger partial charge in [0.2, 0.25) is 0 Å². The first-order valence-corrected chi connectivity index (χ1v) is 6.68. The van der Waals surface area contributed by atoms with Crippen molar-refractivity contribution in [3.63, 3.8) is 0 Å². The Balaban J connectivity index is 2.42. The number of rotatable bonds is 2. The lowest BCUT2D eigenvalue weighted by molar-refractivity contribution is 0.0643. The lowest BCUT2D eigenvalue weighted by Crippen LogP contribution is -2.53. The van der Waals surface area contributed by atoms with Crippen LogP contribution in [0.1, 0.15) is 19.4 Å². The van der Waals surface area contributed by atoms with Gasteiger partial charge in [-0.05, 0) is 26.0 Å². The molecule has 94 valence electrons. The van der Waals surface area contributed by atoms with Crippen molar-refractivity contribution in [3.8, 4) is 0 Å². The predicted octanol–water partition coefficient (Wildman–Crippen LogP) is 2.52. The molecular formula is C13H19BrN2O. The summed E-state index contributed by atoms with van der Waals surface area (Å²) in [6.07, 6.45) is 0. The molecule has 0 amide bonds. The Hall–Kier alpha value is -0.580. The van der Waals surface area contributed by atoms with Crippen molar-refractivity contribution in [2.75, 3.05) is 24.7 Å². The minimum atomic E-state index is 0.0168. The second-order valence-corrected chi connectivity index (χ2v) is 5.81. The number of anilines is 1. The number of ether oxygens (including phenoxy) is 1. The van der Waals surface area contributed by atoms with Crippen molar-refractivity contribution in [2.24, 2.45) is 5.73 Å². The molecule has 0 aromatic heterocycles. The van der Waals surface area contributed by atoms with Crippen molar-refractivity contribution in [1.29, 1.82) is 0 Å². The van der Waals surface area contributed by atoms with Gasteiger partial charge in [-0.3, -0.25) is 0 Å². The molecule has 1 aromatic rings. The maximum absolute atomic E-state index is 5.86. The van der Waals surface area contributed by atoms with E-state index in [1.54, 1.807) is 0 Å². The second-order valence-electron chi connectivity index (χ2n) is 4.96. The summed E-state index contributed by atoms with van der Waals surface area (Å²) < 4.78 is 6.64. The number of hydrogen-bond acceptors (Lipinski definition) is 3. The van der Waals surface area contributed by atoms with Crippen LogP contribution in [0.25, 0.3) is 0 Å². The molecule has 1 fully saturated rings. The summed E-state index contributed by atoms with van der Waals surface area (Å²) >= 11 is 3.57. The minimum absolute atomic E-state index is 0.0168. The van der Waals surface area contributed by atoms with Gasteiger partial charge in [0.25, 0.3) is 0 Å². The van der Waals surface area contributed by atoms with Gasteiger partial charge in [-0.1, -0.05) is 22.0 Å². The monoisotopic (exact) mass is 298 g/mol. The summed E-state index contributed by atoms with van der Waals surface area (Å²) in [5.41, 5.74) is 8.26. The Kier molecular flexibility index (Phi) is 3.76. The zero-order valence-electron chi connectivity index (χ0n) is 10.4. The zero-order valence-corrected chi connectivity index (χ0v) is 12.0. The molecule has 1 heterocycles. The van der Waals surface area contributed by atoms with Gasteiger partial charge in [0, 0.05) is 28.8 Å².